The fraction of sp³-hybridized carbons (Fsp3) is 0.500. The van der Waals surface area contributed by atoms with Gasteiger partial charge in [-0.1, -0.05) is 6.92 Å². The van der Waals surface area contributed by atoms with E-state index in [0.29, 0.717) is 23.5 Å². The van der Waals surface area contributed by atoms with E-state index in [2.05, 4.69) is 10.3 Å². The summed E-state index contributed by atoms with van der Waals surface area (Å²) in [6.45, 7) is 6.28. The zero-order chi connectivity index (χ0) is 13.0. The van der Waals surface area contributed by atoms with Gasteiger partial charge in [-0.15, -0.1) is 0 Å². The number of hydrogen-bond acceptors (Lipinski definition) is 4. The minimum absolute atomic E-state index is 0.0597. The number of nitrogens with zero attached hydrogens (tertiary/aromatic N) is 1. The Kier molecular flexibility index (Phi) is 4.45. The first-order chi connectivity index (χ1) is 7.95. The van der Waals surface area contributed by atoms with Gasteiger partial charge in [-0.3, -0.25) is 9.78 Å². The first-order valence-corrected chi connectivity index (χ1v) is 5.73. The van der Waals surface area contributed by atoms with Crippen molar-refractivity contribution in [3.05, 3.63) is 23.0 Å². The lowest BCUT2D eigenvalue weighted by Gasteiger charge is -2.15. The largest absolute Gasteiger partial charge is 0.383 e. The number of primary amides is 1. The number of aromatic nitrogens is 1. The molecule has 94 valence electrons. The van der Waals surface area contributed by atoms with Gasteiger partial charge in [0.2, 0.25) is 0 Å². The van der Waals surface area contributed by atoms with Crippen molar-refractivity contribution in [2.75, 3.05) is 11.9 Å². The van der Waals surface area contributed by atoms with Gasteiger partial charge in [0.15, 0.2) is 0 Å². The number of carbonyl (C=O) groups is 1. The van der Waals surface area contributed by atoms with Gasteiger partial charge in [0, 0.05) is 18.3 Å². The summed E-state index contributed by atoms with van der Waals surface area (Å²) in [4.78, 5) is 15.6. The van der Waals surface area contributed by atoms with Gasteiger partial charge in [0.1, 0.15) is 0 Å². The number of carbonyl (C=O) groups excluding carboxylic acids is 1. The number of amides is 1. The summed E-state index contributed by atoms with van der Waals surface area (Å²) < 4.78 is 0. The quantitative estimate of drug-likeness (QED) is 0.709. The molecule has 1 amide bonds. The molecule has 0 saturated carbocycles. The Labute approximate surface area is 102 Å². The van der Waals surface area contributed by atoms with E-state index in [1.54, 1.807) is 6.92 Å². The van der Waals surface area contributed by atoms with Gasteiger partial charge >= 0.3 is 0 Å². The molecule has 0 radical (unpaired) electrons. The molecule has 1 aromatic heterocycles. The van der Waals surface area contributed by atoms with E-state index in [1.165, 1.54) is 0 Å². The molecule has 5 heteroatoms. The fourth-order valence-corrected chi connectivity index (χ4v) is 1.66. The molecule has 0 saturated heterocycles. The Hall–Kier alpha value is -1.62. The van der Waals surface area contributed by atoms with Crippen LogP contribution in [0.3, 0.4) is 0 Å². The maximum Gasteiger partial charge on any atom is 0.252 e. The second-order valence-corrected chi connectivity index (χ2v) is 4.19. The standard InChI is InChI=1S/C12H20N4O/c1-4-9(13)6-15-10-5-7(2)16-8(3)11(10)12(14)17/h5,9H,4,6,13H2,1-3H3,(H2,14,17)(H,15,16). The molecule has 0 fully saturated rings. The predicted molar refractivity (Wildman–Crippen MR) is 69.0 cm³/mol. The van der Waals surface area contributed by atoms with E-state index in [-0.39, 0.29) is 6.04 Å². The van der Waals surface area contributed by atoms with Crippen LogP contribution in [-0.2, 0) is 0 Å². The molecule has 1 atom stereocenters. The van der Waals surface area contributed by atoms with Gasteiger partial charge in [-0.2, -0.15) is 0 Å². The van der Waals surface area contributed by atoms with Crippen molar-refractivity contribution in [1.29, 1.82) is 0 Å². The molecule has 0 aliphatic heterocycles. The number of hydrogen-bond donors (Lipinski definition) is 3. The van der Waals surface area contributed by atoms with Gasteiger partial charge in [-0.05, 0) is 26.3 Å². The molecule has 5 nitrogen and oxygen atoms in total. The predicted octanol–water partition coefficient (Wildman–Crippen LogP) is 0.947. The highest BCUT2D eigenvalue weighted by atomic mass is 16.1. The first kappa shape index (κ1) is 13.4. The Bertz CT molecular complexity index is 417. The van der Waals surface area contributed by atoms with Gasteiger partial charge < -0.3 is 16.8 Å². The molecular formula is C12H20N4O. The van der Waals surface area contributed by atoms with Crippen LogP contribution >= 0.6 is 0 Å². The third-order valence-electron chi connectivity index (χ3n) is 2.65. The number of aryl methyl sites for hydroxylation is 2. The zero-order valence-corrected chi connectivity index (χ0v) is 10.6. The summed E-state index contributed by atoms with van der Waals surface area (Å²) in [5.41, 5.74) is 13.8. The molecule has 0 bridgehead atoms. The lowest BCUT2D eigenvalue weighted by Crippen LogP contribution is -2.29. The average molecular weight is 236 g/mol. The van der Waals surface area contributed by atoms with Crippen molar-refractivity contribution in [1.82, 2.24) is 4.98 Å². The molecule has 0 aliphatic carbocycles. The van der Waals surface area contributed by atoms with Crippen LogP contribution in [0.2, 0.25) is 0 Å². The highest BCUT2D eigenvalue weighted by molar-refractivity contribution is 5.99. The van der Waals surface area contributed by atoms with Crippen molar-refractivity contribution < 1.29 is 4.79 Å². The highest BCUT2D eigenvalue weighted by Crippen LogP contribution is 2.19. The summed E-state index contributed by atoms with van der Waals surface area (Å²) in [6, 6.07) is 1.87. The number of rotatable bonds is 5. The van der Waals surface area contributed by atoms with Crippen LogP contribution in [0.25, 0.3) is 0 Å². The Morgan fingerprint density at radius 3 is 2.71 bits per heavy atom. The van der Waals surface area contributed by atoms with Crippen LogP contribution in [0.1, 0.15) is 35.1 Å². The van der Waals surface area contributed by atoms with Crippen LogP contribution in [-0.4, -0.2) is 23.5 Å². The van der Waals surface area contributed by atoms with Crippen molar-refractivity contribution in [3.63, 3.8) is 0 Å². The maximum atomic E-state index is 11.4. The molecule has 0 aromatic carbocycles. The van der Waals surface area contributed by atoms with Crippen LogP contribution < -0.4 is 16.8 Å². The van der Waals surface area contributed by atoms with Crippen LogP contribution in [0, 0.1) is 13.8 Å². The monoisotopic (exact) mass is 236 g/mol. The summed E-state index contributed by atoms with van der Waals surface area (Å²) in [5, 5.41) is 3.16. The van der Waals surface area contributed by atoms with Crippen LogP contribution in [0.4, 0.5) is 5.69 Å². The fourth-order valence-electron chi connectivity index (χ4n) is 1.66. The van der Waals surface area contributed by atoms with Gasteiger partial charge in [0.05, 0.1) is 16.9 Å². The highest BCUT2D eigenvalue weighted by Gasteiger charge is 2.13. The van der Waals surface area contributed by atoms with Crippen LogP contribution in [0.5, 0.6) is 0 Å². The van der Waals surface area contributed by atoms with Gasteiger partial charge in [0.25, 0.3) is 5.91 Å². The molecule has 1 heterocycles. The topological polar surface area (TPSA) is 94.0 Å². The van der Waals surface area contributed by atoms with Crippen molar-refractivity contribution >= 4 is 11.6 Å². The van der Waals surface area contributed by atoms with Crippen molar-refractivity contribution in [2.45, 2.75) is 33.2 Å². The molecule has 0 spiro atoms. The molecule has 5 N–H and O–H groups in total. The maximum absolute atomic E-state index is 11.4. The van der Waals surface area contributed by atoms with Gasteiger partial charge in [-0.25, -0.2) is 0 Å². The normalized spacial score (nSPS) is 12.2. The lowest BCUT2D eigenvalue weighted by atomic mass is 10.1. The minimum atomic E-state index is -0.470. The van der Waals surface area contributed by atoms with E-state index < -0.39 is 5.91 Å². The van der Waals surface area contributed by atoms with Crippen molar-refractivity contribution in [3.8, 4) is 0 Å². The van der Waals surface area contributed by atoms with E-state index >= 15 is 0 Å². The summed E-state index contributed by atoms with van der Waals surface area (Å²) in [6.07, 6.45) is 0.877. The minimum Gasteiger partial charge on any atom is -0.383 e. The van der Waals surface area contributed by atoms with E-state index in [0.717, 1.165) is 12.1 Å². The van der Waals surface area contributed by atoms with E-state index in [9.17, 15) is 4.79 Å². The molecule has 1 unspecified atom stereocenters. The Balaban J connectivity index is 3.00. The number of anilines is 1. The van der Waals surface area contributed by atoms with Crippen LogP contribution in [0.15, 0.2) is 6.07 Å². The summed E-state index contributed by atoms with van der Waals surface area (Å²) >= 11 is 0. The number of nitrogens with one attached hydrogen (secondary N) is 1. The molecule has 0 aliphatic rings. The molecule has 1 aromatic rings. The SMILES string of the molecule is CCC(N)CNc1cc(C)nc(C)c1C(N)=O. The zero-order valence-electron chi connectivity index (χ0n) is 10.6. The summed E-state index contributed by atoms with van der Waals surface area (Å²) in [7, 11) is 0. The summed E-state index contributed by atoms with van der Waals surface area (Å²) in [5.74, 6) is -0.470. The second-order valence-electron chi connectivity index (χ2n) is 4.19. The third-order valence-corrected chi connectivity index (χ3v) is 2.65. The van der Waals surface area contributed by atoms with Crippen molar-refractivity contribution in [2.24, 2.45) is 11.5 Å². The van der Waals surface area contributed by atoms with E-state index in [4.69, 9.17) is 11.5 Å². The Morgan fingerprint density at radius 1 is 1.53 bits per heavy atom. The molecule has 17 heavy (non-hydrogen) atoms. The van der Waals surface area contributed by atoms with E-state index in [1.807, 2.05) is 19.9 Å². The second kappa shape index (κ2) is 5.63. The first-order valence-electron chi connectivity index (χ1n) is 5.73. The third kappa shape index (κ3) is 3.42. The number of pyridine rings is 1. The molecule has 1 rings (SSSR count). The smallest absolute Gasteiger partial charge is 0.252 e. The number of nitrogens with two attached hydrogens (primary N) is 2. The average Bonchev–Trinajstić information content (AvgIpc) is 2.24. The lowest BCUT2D eigenvalue weighted by molar-refractivity contribution is 0.1000. The molecular weight excluding hydrogens is 216 g/mol. The Morgan fingerprint density at radius 2 is 2.18 bits per heavy atom.